The molecular weight excluding hydrogens is 336 g/mol. The Morgan fingerprint density at radius 2 is 1.92 bits per heavy atom. The van der Waals surface area contributed by atoms with Crippen molar-refractivity contribution in [3.05, 3.63) is 70.7 Å². The zero-order valence-electron chi connectivity index (χ0n) is 13.2. The van der Waals surface area contributed by atoms with Crippen molar-refractivity contribution in [1.82, 2.24) is 4.57 Å². The minimum absolute atomic E-state index is 0.0721. The van der Waals surface area contributed by atoms with Gasteiger partial charge in [-0.3, -0.25) is 4.79 Å². The summed E-state index contributed by atoms with van der Waals surface area (Å²) in [5, 5.41) is 0.416. The molecule has 0 radical (unpaired) electrons. The van der Waals surface area contributed by atoms with Crippen LogP contribution in [-0.2, 0) is 12.7 Å². The highest BCUT2D eigenvalue weighted by Crippen LogP contribution is 2.33. The van der Waals surface area contributed by atoms with E-state index in [1.54, 1.807) is 23.8 Å². The number of nitrogens with zero attached hydrogens (tertiary/aromatic N) is 1. The van der Waals surface area contributed by atoms with Crippen molar-refractivity contribution in [3.63, 3.8) is 0 Å². The van der Waals surface area contributed by atoms with Gasteiger partial charge in [0.25, 0.3) is 5.91 Å². The van der Waals surface area contributed by atoms with Crippen LogP contribution in [0.3, 0.4) is 0 Å². The van der Waals surface area contributed by atoms with E-state index in [-0.39, 0.29) is 17.7 Å². The number of nitrogens with two attached hydrogens (primary N) is 1. The second-order valence-electron chi connectivity index (χ2n) is 5.82. The fraction of sp³-hybridized carbons (Fsp3) is 0.167. The van der Waals surface area contributed by atoms with Crippen molar-refractivity contribution in [2.75, 3.05) is 0 Å². The summed E-state index contributed by atoms with van der Waals surface area (Å²) in [6.07, 6.45) is -2.84. The lowest BCUT2D eigenvalue weighted by atomic mass is 10.1. The first kappa shape index (κ1) is 17.0. The van der Waals surface area contributed by atoms with Gasteiger partial charge < -0.3 is 10.3 Å². The molecule has 0 aliphatic rings. The molecule has 0 bridgehead atoms. The van der Waals surface area contributed by atoms with Crippen LogP contribution < -0.4 is 5.73 Å². The maximum absolute atomic E-state index is 14.4. The van der Waals surface area contributed by atoms with Crippen LogP contribution in [0, 0.1) is 12.7 Å². The Balaban J connectivity index is 2.07. The third kappa shape index (κ3) is 3.09. The predicted molar refractivity (Wildman–Crippen MR) is 85.7 cm³/mol. The van der Waals surface area contributed by atoms with Crippen LogP contribution >= 0.6 is 0 Å². The average Bonchev–Trinajstić information content (AvgIpc) is 2.92. The second-order valence-corrected chi connectivity index (χ2v) is 5.82. The van der Waals surface area contributed by atoms with E-state index in [1.165, 1.54) is 18.2 Å². The molecule has 3 rings (SSSR count). The van der Waals surface area contributed by atoms with Gasteiger partial charge in [0, 0.05) is 17.1 Å². The van der Waals surface area contributed by atoms with Gasteiger partial charge in [-0.25, -0.2) is 4.39 Å². The molecule has 1 amide bonds. The van der Waals surface area contributed by atoms with Gasteiger partial charge in [0.1, 0.15) is 5.82 Å². The highest BCUT2D eigenvalue weighted by Gasteiger charge is 2.31. The third-order valence-electron chi connectivity index (χ3n) is 4.06. The molecule has 7 heteroatoms. The number of hydrogen-bond acceptors (Lipinski definition) is 1. The molecule has 0 aliphatic heterocycles. The molecule has 0 atom stereocenters. The molecule has 25 heavy (non-hydrogen) atoms. The number of amides is 1. The Bertz CT molecular complexity index is 973. The second kappa shape index (κ2) is 5.91. The van der Waals surface area contributed by atoms with Gasteiger partial charge in [-0.15, -0.1) is 0 Å². The summed E-state index contributed by atoms with van der Waals surface area (Å²) in [6.45, 7) is 1.65. The molecule has 1 aromatic heterocycles. The van der Waals surface area contributed by atoms with Crippen LogP contribution in [-0.4, -0.2) is 10.5 Å². The van der Waals surface area contributed by atoms with Gasteiger partial charge in [0.15, 0.2) is 0 Å². The number of alkyl halides is 3. The molecule has 0 saturated heterocycles. The molecule has 0 unspecified atom stereocenters. The summed E-state index contributed by atoms with van der Waals surface area (Å²) in [5.74, 6) is -1.59. The maximum atomic E-state index is 14.4. The molecular formula is C18H14F4N2O. The number of aryl methyl sites for hydroxylation is 1. The average molecular weight is 350 g/mol. The van der Waals surface area contributed by atoms with E-state index in [9.17, 15) is 22.4 Å². The van der Waals surface area contributed by atoms with E-state index in [0.29, 0.717) is 16.5 Å². The van der Waals surface area contributed by atoms with Crippen molar-refractivity contribution in [2.45, 2.75) is 19.6 Å². The largest absolute Gasteiger partial charge is 0.416 e. The minimum atomic E-state index is -4.43. The number of fused-ring (bicyclic) bond motifs is 1. The van der Waals surface area contributed by atoms with Crippen LogP contribution in [0.1, 0.15) is 27.0 Å². The van der Waals surface area contributed by atoms with Crippen LogP contribution in [0.2, 0.25) is 0 Å². The monoisotopic (exact) mass is 350 g/mol. The number of carbonyl (C=O) groups is 1. The first-order valence-corrected chi connectivity index (χ1v) is 7.42. The van der Waals surface area contributed by atoms with Gasteiger partial charge >= 0.3 is 6.18 Å². The Morgan fingerprint density at radius 3 is 2.56 bits per heavy atom. The fourth-order valence-electron chi connectivity index (χ4n) is 2.94. The van der Waals surface area contributed by atoms with Gasteiger partial charge in [0.2, 0.25) is 0 Å². The first-order chi connectivity index (χ1) is 11.7. The number of benzene rings is 2. The number of aromatic nitrogens is 1. The van der Waals surface area contributed by atoms with Crippen LogP contribution in [0.15, 0.2) is 42.6 Å². The summed E-state index contributed by atoms with van der Waals surface area (Å²) in [6, 6.07) is 7.99. The Labute approximate surface area is 140 Å². The summed E-state index contributed by atoms with van der Waals surface area (Å²) in [4.78, 5) is 11.2. The maximum Gasteiger partial charge on any atom is 0.416 e. The summed E-state index contributed by atoms with van der Waals surface area (Å²) in [7, 11) is 0. The number of hydrogen-bond donors (Lipinski definition) is 1. The Hall–Kier alpha value is -2.83. The van der Waals surface area contributed by atoms with E-state index in [0.717, 1.165) is 12.1 Å². The molecule has 3 aromatic rings. The van der Waals surface area contributed by atoms with Crippen molar-refractivity contribution in [2.24, 2.45) is 5.73 Å². The van der Waals surface area contributed by atoms with E-state index < -0.39 is 23.5 Å². The molecule has 0 spiro atoms. The summed E-state index contributed by atoms with van der Waals surface area (Å²) >= 11 is 0. The van der Waals surface area contributed by atoms with Gasteiger partial charge in [-0.2, -0.15) is 13.2 Å². The molecule has 3 nitrogen and oxygen atoms in total. The number of rotatable bonds is 3. The van der Waals surface area contributed by atoms with Gasteiger partial charge in [-0.1, -0.05) is 12.1 Å². The summed E-state index contributed by atoms with van der Waals surface area (Å²) in [5.41, 5.74) is 5.44. The molecule has 0 aliphatic carbocycles. The predicted octanol–water partition coefficient (Wildman–Crippen LogP) is 4.25. The Kier molecular flexibility index (Phi) is 4.02. The lowest BCUT2D eigenvalue weighted by Crippen LogP contribution is -2.15. The molecule has 130 valence electrons. The lowest BCUT2D eigenvalue weighted by molar-refractivity contribution is -0.137. The number of primary amides is 1. The minimum Gasteiger partial charge on any atom is -0.366 e. The summed E-state index contributed by atoms with van der Waals surface area (Å²) < 4.78 is 54.8. The fourth-order valence-corrected chi connectivity index (χ4v) is 2.94. The SMILES string of the molecule is Cc1cc(C(F)(F)F)cc2ccn(Cc3cccc(C(N)=O)c3F)c12. The molecule has 2 aromatic carbocycles. The van der Waals surface area contributed by atoms with Crippen molar-refractivity contribution in [3.8, 4) is 0 Å². The number of halogens is 4. The van der Waals surface area contributed by atoms with E-state index in [2.05, 4.69) is 0 Å². The van der Waals surface area contributed by atoms with Crippen molar-refractivity contribution >= 4 is 16.8 Å². The zero-order valence-corrected chi connectivity index (χ0v) is 13.2. The van der Waals surface area contributed by atoms with Crippen LogP contribution in [0.4, 0.5) is 17.6 Å². The molecule has 1 heterocycles. The Morgan fingerprint density at radius 1 is 1.20 bits per heavy atom. The van der Waals surface area contributed by atoms with E-state index in [4.69, 9.17) is 5.73 Å². The normalized spacial score (nSPS) is 11.9. The highest BCUT2D eigenvalue weighted by atomic mass is 19.4. The van der Waals surface area contributed by atoms with E-state index in [1.807, 2.05) is 0 Å². The van der Waals surface area contributed by atoms with Crippen LogP contribution in [0.25, 0.3) is 10.9 Å². The lowest BCUT2D eigenvalue weighted by Gasteiger charge is -2.12. The smallest absolute Gasteiger partial charge is 0.366 e. The van der Waals surface area contributed by atoms with Gasteiger partial charge in [0.05, 0.1) is 23.2 Å². The first-order valence-electron chi connectivity index (χ1n) is 7.42. The third-order valence-corrected chi connectivity index (χ3v) is 4.06. The molecule has 0 saturated carbocycles. The van der Waals surface area contributed by atoms with Crippen molar-refractivity contribution < 1.29 is 22.4 Å². The standard InChI is InChI=1S/C18H14F4N2O/c1-10-7-13(18(20,21)22)8-11-5-6-24(16(10)11)9-12-3-2-4-14(15(12)19)17(23)25/h2-8H,9H2,1H3,(H2,23,25). The highest BCUT2D eigenvalue weighted by molar-refractivity contribution is 5.93. The number of carbonyl (C=O) groups excluding carboxylic acids is 1. The van der Waals surface area contributed by atoms with Crippen molar-refractivity contribution in [1.29, 1.82) is 0 Å². The topological polar surface area (TPSA) is 48.0 Å². The zero-order chi connectivity index (χ0) is 18.4. The van der Waals surface area contributed by atoms with Crippen LogP contribution in [0.5, 0.6) is 0 Å². The van der Waals surface area contributed by atoms with E-state index >= 15 is 0 Å². The molecule has 0 fully saturated rings. The molecule has 2 N–H and O–H groups in total. The van der Waals surface area contributed by atoms with Gasteiger partial charge in [-0.05, 0) is 36.8 Å². The quantitative estimate of drug-likeness (QED) is 0.705.